The Morgan fingerprint density at radius 2 is 2.33 bits per heavy atom. The molecule has 1 N–H and O–H groups in total. The number of ether oxygens (including phenoxy) is 1. The molecule has 0 fully saturated rings. The fourth-order valence-electron chi connectivity index (χ4n) is 1.11. The minimum atomic E-state index is -2.43. The number of hydrogen-bond donors (Lipinski definition) is 1. The van der Waals surface area contributed by atoms with Crippen molar-refractivity contribution >= 4 is 0 Å². The number of halogens is 2. The minimum absolute atomic E-state index is 0.0937. The highest BCUT2D eigenvalue weighted by molar-refractivity contribution is 5.11. The molecular weight excluding hydrogens is 204 g/mol. The van der Waals surface area contributed by atoms with Gasteiger partial charge in [0.15, 0.2) is 0 Å². The van der Waals surface area contributed by atoms with Crippen LogP contribution < -0.4 is 5.32 Å². The highest BCUT2D eigenvalue weighted by atomic mass is 19.3. The maximum absolute atomic E-state index is 11.7. The average Bonchev–Trinajstić information content (AvgIpc) is 2.62. The van der Waals surface area contributed by atoms with Crippen molar-refractivity contribution in [3.63, 3.8) is 0 Å². The summed E-state index contributed by atoms with van der Waals surface area (Å²) in [4.78, 5) is 0. The first-order chi connectivity index (χ1) is 7.22. The molecule has 1 aromatic rings. The summed E-state index contributed by atoms with van der Waals surface area (Å²) in [7, 11) is 0. The van der Waals surface area contributed by atoms with Crippen LogP contribution in [0.2, 0.25) is 0 Å². The molecule has 0 bridgehead atoms. The number of nitrogens with one attached hydrogen (secondary N) is 1. The Labute approximate surface area is 87.4 Å². The summed E-state index contributed by atoms with van der Waals surface area (Å²) < 4.78 is 33.4. The second-order valence-electron chi connectivity index (χ2n) is 3.11. The van der Waals surface area contributed by atoms with Gasteiger partial charge in [0.2, 0.25) is 0 Å². The first kappa shape index (κ1) is 12.1. The Bertz CT molecular complexity index is 276. The Hall–Kier alpha value is -0.940. The fraction of sp³-hybridized carbons (Fsp3) is 0.600. The molecule has 0 atom stereocenters. The summed E-state index contributed by atoms with van der Waals surface area (Å²) in [6.45, 7) is 3.14. The van der Waals surface area contributed by atoms with E-state index in [1.807, 2.05) is 6.92 Å². The lowest BCUT2D eigenvalue weighted by atomic mass is 10.3. The molecular formula is C10H15F2NO2. The van der Waals surface area contributed by atoms with Gasteiger partial charge in [0.05, 0.1) is 6.26 Å². The molecule has 0 spiro atoms. The van der Waals surface area contributed by atoms with Crippen LogP contribution in [0.5, 0.6) is 0 Å². The fourth-order valence-corrected chi connectivity index (χ4v) is 1.11. The molecule has 3 nitrogen and oxygen atoms in total. The SMILES string of the molecule is CCNCc1coc(COCC(F)F)c1. The van der Waals surface area contributed by atoms with Crippen molar-refractivity contribution in [2.75, 3.05) is 13.2 Å². The van der Waals surface area contributed by atoms with Gasteiger partial charge in [-0.25, -0.2) is 8.78 Å². The zero-order chi connectivity index (χ0) is 11.1. The van der Waals surface area contributed by atoms with Crippen molar-refractivity contribution in [1.29, 1.82) is 0 Å². The maximum Gasteiger partial charge on any atom is 0.261 e. The third-order valence-corrected chi connectivity index (χ3v) is 1.78. The van der Waals surface area contributed by atoms with E-state index >= 15 is 0 Å². The predicted octanol–water partition coefficient (Wildman–Crippen LogP) is 2.17. The third-order valence-electron chi connectivity index (χ3n) is 1.78. The highest BCUT2D eigenvalue weighted by Crippen LogP contribution is 2.09. The van der Waals surface area contributed by atoms with E-state index in [-0.39, 0.29) is 6.61 Å². The van der Waals surface area contributed by atoms with Crippen LogP contribution in [0, 0.1) is 0 Å². The minimum Gasteiger partial charge on any atom is -0.467 e. The van der Waals surface area contributed by atoms with Gasteiger partial charge in [-0.1, -0.05) is 6.92 Å². The molecule has 0 amide bonds. The summed E-state index contributed by atoms with van der Waals surface area (Å²) in [5, 5.41) is 3.13. The molecule has 1 aromatic heterocycles. The van der Waals surface area contributed by atoms with Crippen LogP contribution in [0.1, 0.15) is 18.2 Å². The van der Waals surface area contributed by atoms with Crippen LogP contribution in [0.25, 0.3) is 0 Å². The van der Waals surface area contributed by atoms with E-state index in [2.05, 4.69) is 5.32 Å². The van der Waals surface area contributed by atoms with E-state index < -0.39 is 13.0 Å². The third kappa shape index (κ3) is 4.90. The standard InChI is InChI=1S/C10H15F2NO2/c1-2-13-4-8-3-9(15-5-8)6-14-7-10(11)12/h3,5,10,13H,2,4,6-7H2,1H3. The van der Waals surface area contributed by atoms with Crippen molar-refractivity contribution in [3.8, 4) is 0 Å². The monoisotopic (exact) mass is 219 g/mol. The molecule has 86 valence electrons. The molecule has 1 heterocycles. The van der Waals surface area contributed by atoms with Crippen molar-refractivity contribution < 1.29 is 17.9 Å². The van der Waals surface area contributed by atoms with Crippen LogP contribution >= 0.6 is 0 Å². The van der Waals surface area contributed by atoms with Crippen LogP contribution in [0.15, 0.2) is 16.7 Å². The van der Waals surface area contributed by atoms with Crippen molar-refractivity contribution in [3.05, 3.63) is 23.7 Å². The van der Waals surface area contributed by atoms with Crippen LogP contribution in [-0.2, 0) is 17.9 Å². The van der Waals surface area contributed by atoms with Gasteiger partial charge in [0.1, 0.15) is 19.0 Å². The van der Waals surface area contributed by atoms with Gasteiger partial charge < -0.3 is 14.5 Å². The van der Waals surface area contributed by atoms with E-state index in [9.17, 15) is 8.78 Å². The molecule has 0 saturated carbocycles. The normalized spacial score (nSPS) is 11.2. The maximum atomic E-state index is 11.7. The molecule has 0 saturated heterocycles. The van der Waals surface area contributed by atoms with Gasteiger partial charge in [0.25, 0.3) is 6.43 Å². The Kier molecular flexibility index (Phi) is 5.28. The largest absolute Gasteiger partial charge is 0.467 e. The number of hydrogen-bond acceptors (Lipinski definition) is 3. The van der Waals surface area contributed by atoms with Gasteiger partial charge in [-0.05, 0) is 12.6 Å². The lowest BCUT2D eigenvalue weighted by Gasteiger charge is -1.99. The van der Waals surface area contributed by atoms with E-state index in [1.54, 1.807) is 12.3 Å². The molecule has 0 radical (unpaired) electrons. The van der Waals surface area contributed by atoms with Gasteiger partial charge >= 0.3 is 0 Å². The van der Waals surface area contributed by atoms with Crippen LogP contribution in [-0.4, -0.2) is 19.6 Å². The zero-order valence-corrected chi connectivity index (χ0v) is 8.63. The van der Waals surface area contributed by atoms with Crippen molar-refractivity contribution in [2.24, 2.45) is 0 Å². The summed E-state index contributed by atoms with van der Waals surface area (Å²) >= 11 is 0. The topological polar surface area (TPSA) is 34.4 Å². The van der Waals surface area contributed by atoms with Crippen LogP contribution in [0.4, 0.5) is 8.78 Å². The van der Waals surface area contributed by atoms with E-state index in [1.165, 1.54) is 0 Å². The molecule has 0 aromatic carbocycles. The predicted molar refractivity (Wildman–Crippen MR) is 51.7 cm³/mol. The number of rotatable bonds is 7. The second-order valence-corrected chi connectivity index (χ2v) is 3.11. The molecule has 5 heteroatoms. The molecule has 1 rings (SSSR count). The van der Waals surface area contributed by atoms with Gasteiger partial charge in [-0.2, -0.15) is 0 Å². The van der Waals surface area contributed by atoms with E-state index in [4.69, 9.17) is 9.15 Å². The summed E-state index contributed by atoms with van der Waals surface area (Å²) in [5.41, 5.74) is 0.993. The first-order valence-corrected chi connectivity index (χ1v) is 4.85. The Morgan fingerprint density at radius 3 is 3.00 bits per heavy atom. The number of alkyl halides is 2. The molecule has 15 heavy (non-hydrogen) atoms. The lowest BCUT2D eigenvalue weighted by molar-refractivity contribution is 0.00453. The number of furan rings is 1. The highest BCUT2D eigenvalue weighted by Gasteiger charge is 2.05. The van der Waals surface area contributed by atoms with Gasteiger partial charge in [-0.15, -0.1) is 0 Å². The van der Waals surface area contributed by atoms with Gasteiger partial charge in [-0.3, -0.25) is 0 Å². The molecule has 0 aliphatic heterocycles. The summed E-state index contributed by atoms with van der Waals surface area (Å²) in [6.07, 6.45) is -0.829. The summed E-state index contributed by atoms with van der Waals surface area (Å²) in [5.74, 6) is 0.573. The van der Waals surface area contributed by atoms with Crippen molar-refractivity contribution in [2.45, 2.75) is 26.5 Å². The Balaban J connectivity index is 2.26. The molecule has 0 aliphatic rings. The zero-order valence-electron chi connectivity index (χ0n) is 8.63. The van der Waals surface area contributed by atoms with Gasteiger partial charge in [0, 0.05) is 12.1 Å². The quantitative estimate of drug-likeness (QED) is 0.763. The molecule has 0 unspecified atom stereocenters. The lowest BCUT2D eigenvalue weighted by Crippen LogP contribution is -2.10. The van der Waals surface area contributed by atoms with Crippen molar-refractivity contribution in [1.82, 2.24) is 5.32 Å². The summed E-state index contributed by atoms with van der Waals surface area (Å²) in [6, 6.07) is 1.80. The second kappa shape index (κ2) is 6.53. The first-order valence-electron chi connectivity index (χ1n) is 4.85. The Morgan fingerprint density at radius 1 is 1.53 bits per heavy atom. The van der Waals surface area contributed by atoms with Crippen LogP contribution in [0.3, 0.4) is 0 Å². The van der Waals surface area contributed by atoms with E-state index in [0.717, 1.165) is 18.7 Å². The smallest absolute Gasteiger partial charge is 0.261 e. The average molecular weight is 219 g/mol. The van der Waals surface area contributed by atoms with E-state index in [0.29, 0.717) is 5.76 Å². The molecule has 0 aliphatic carbocycles.